The molecule has 4 nitrogen and oxygen atoms in total. The summed E-state index contributed by atoms with van der Waals surface area (Å²) in [5, 5.41) is 7.43. The molecule has 0 saturated carbocycles. The van der Waals surface area contributed by atoms with Crippen LogP contribution < -0.4 is 0 Å². The van der Waals surface area contributed by atoms with Crippen molar-refractivity contribution in [2.45, 2.75) is 12.3 Å². The molecule has 0 aliphatic rings. The monoisotopic (exact) mass is 287 g/mol. The van der Waals surface area contributed by atoms with Crippen LogP contribution in [-0.4, -0.2) is 15.2 Å². The molecule has 2 aromatic rings. The van der Waals surface area contributed by atoms with Crippen LogP contribution in [0.4, 0.5) is 0 Å². The Kier molecular flexibility index (Phi) is 3.02. The van der Waals surface area contributed by atoms with E-state index < -0.39 is 0 Å². The summed E-state index contributed by atoms with van der Waals surface area (Å²) in [5.74, 6) is 0.831. The van der Waals surface area contributed by atoms with Crippen LogP contribution in [0, 0.1) is 0 Å². The minimum atomic E-state index is -0.286. The van der Waals surface area contributed by atoms with E-state index in [1.165, 1.54) is 0 Å². The summed E-state index contributed by atoms with van der Waals surface area (Å²) in [6, 6.07) is 1.85. The number of halogens is 2. The molecule has 0 spiro atoms. The third-order valence-electron chi connectivity index (χ3n) is 1.73. The molecule has 1 atom stereocenters. The fraction of sp³-hybridized carbons (Fsp3) is 0.222. The zero-order chi connectivity index (χ0) is 10.8. The summed E-state index contributed by atoms with van der Waals surface area (Å²) >= 11 is 9.13. The number of hydrogen-bond donors (Lipinski definition) is 0. The van der Waals surface area contributed by atoms with Crippen LogP contribution in [0.2, 0.25) is 0 Å². The van der Waals surface area contributed by atoms with Crippen molar-refractivity contribution >= 4 is 27.5 Å². The third kappa shape index (κ3) is 2.35. The Hall–Kier alpha value is -0.940. The van der Waals surface area contributed by atoms with Gasteiger partial charge in [-0.1, -0.05) is 0 Å². The van der Waals surface area contributed by atoms with Gasteiger partial charge < -0.3 is 4.42 Å². The molecule has 2 aromatic heterocycles. The lowest BCUT2D eigenvalue weighted by Gasteiger charge is -1.95. The Morgan fingerprint density at radius 3 is 2.80 bits per heavy atom. The predicted molar refractivity (Wildman–Crippen MR) is 59.5 cm³/mol. The fourth-order valence-electron chi connectivity index (χ4n) is 1.04. The van der Waals surface area contributed by atoms with Crippen LogP contribution in [0.15, 0.2) is 27.3 Å². The number of nitrogens with zero attached hydrogens (tertiary/aromatic N) is 3. The van der Waals surface area contributed by atoms with Gasteiger partial charge in [0.2, 0.25) is 11.8 Å². The molecule has 15 heavy (non-hydrogen) atoms. The number of aromatic nitrogens is 3. The molecule has 0 aliphatic heterocycles. The summed E-state index contributed by atoms with van der Waals surface area (Å²) in [6.07, 6.45) is 3.34. The molecule has 0 bridgehead atoms. The fourth-order valence-corrected chi connectivity index (χ4v) is 1.49. The quantitative estimate of drug-likeness (QED) is 0.796. The lowest BCUT2D eigenvalue weighted by molar-refractivity contribution is 0.507. The topological polar surface area (TPSA) is 51.8 Å². The van der Waals surface area contributed by atoms with Gasteiger partial charge in [-0.2, -0.15) is 0 Å². The predicted octanol–water partition coefficient (Wildman–Crippen LogP) is 3.19. The second-order valence-electron chi connectivity index (χ2n) is 2.95. The highest BCUT2D eigenvalue weighted by atomic mass is 79.9. The van der Waals surface area contributed by atoms with E-state index in [4.69, 9.17) is 16.0 Å². The summed E-state index contributed by atoms with van der Waals surface area (Å²) < 4.78 is 6.23. The van der Waals surface area contributed by atoms with Crippen LogP contribution in [0.3, 0.4) is 0 Å². The first kappa shape index (κ1) is 10.6. The Balaban J connectivity index is 2.37. The Morgan fingerprint density at radius 2 is 2.20 bits per heavy atom. The van der Waals surface area contributed by atoms with E-state index in [2.05, 4.69) is 31.1 Å². The van der Waals surface area contributed by atoms with Crippen molar-refractivity contribution in [1.82, 2.24) is 15.2 Å². The van der Waals surface area contributed by atoms with E-state index in [9.17, 15) is 0 Å². The number of pyridine rings is 1. The maximum absolute atomic E-state index is 5.81. The molecule has 1 unspecified atom stereocenters. The van der Waals surface area contributed by atoms with Gasteiger partial charge in [0, 0.05) is 16.9 Å². The largest absolute Gasteiger partial charge is 0.419 e. The van der Waals surface area contributed by atoms with Crippen LogP contribution in [-0.2, 0) is 0 Å². The SMILES string of the molecule is CC(Cl)c1nnc(-c2cncc(Br)c2)o1. The molecule has 0 radical (unpaired) electrons. The number of hydrogen-bond acceptors (Lipinski definition) is 4. The first-order valence-electron chi connectivity index (χ1n) is 4.25. The molecule has 78 valence electrons. The summed E-state index contributed by atoms with van der Waals surface area (Å²) in [6.45, 7) is 1.78. The molecule has 0 N–H and O–H groups in total. The smallest absolute Gasteiger partial charge is 0.249 e. The van der Waals surface area contributed by atoms with E-state index in [1.54, 1.807) is 19.3 Å². The van der Waals surface area contributed by atoms with Crippen LogP contribution in [0.1, 0.15) is 18.2 Å². The van der Waals surface area contributed by atoms with E-state index >= 15 is 0 Å². The van der Waals surface area contributed by atoms with E-state index in [0.29, 0.717) is 11.8 Å². The Labute approximate surface area is 99.8 Å². The van der Waals surface area contributed by atoms with Gasteiger partial charge in [0.1, 0.15) is 5.38 Å². The van der Waals surface area contributed by atoms with Crippen molar-refractivity contribution in [3.63, 3.8) is 0 Å². The Morgan fingerprint density at radius 1 is 1.40 bits per heavy atom. The first-order chi connectivity index (χ1) is 7.16. The van der Waals surface area contributed by atoms with Crippen molar-refractivity contribution in [3.05, 3.63) is 28.8 Å². The van der Waals surface area contributed by atoms with Crippen molar-refractivity contribution in [1.29, 1.82) is 0 Å². The van der Waals surface area contributed by atoms with Gasteiger partial charge in [-0.05, 0) is 28.9 Å². The lowest BCUT2D eigenvalue weighted by Crippen LogP contribution is -1.81. The van der Waals surface area contributed by atoms with Gasteiger partial charge in [0.05, 0.1) is 5.56 Å². The molecule has 0 aromatic carbocycles. The van der Waals surface area contributed by atoms with Gasteiger partial charge in [-0.3, -0.25) is 4.98 Å². The molecule has 0 saturated heterocycles. The molecule has 2 heterocycles. The standard InChI is InChI=1S/C9H7BrClN3O/c1-5(11)8-13-14-9(15-8)6-2-7(10)4-12-3-6/h2-5H,1H3. The number of rotatable bonds is 2. The summed E-state index contributed by atoms with van der Waals surface area (Å²) in [5.41, 5.74) is 0.764. The van der Waals surface area contributed by atoms with E-state index in [0.717, 1.165) is 10.0 Å². The molecule has 0 fully saturated rings. The summed E-state index contributed by atoms with van der Waals surface area (Å²) in [7, 11) is 0. The maximum Gasteiger partial charge on any atom is 0.249 e. The number of alkyl halides is 1. The van der Waals surface area contributed by atoms with Crippen molar-refractivity contribution in [2.24, 2.45) is 0 Å². The third-order valence-corrected chi connectivity index (χ3v) is 2.35. The summed E-state index contributed by atoms with van der Waals surface area (Å²) in [4.78, 5) is 4.01. The molecular weight excluding hydrogens is 281 g/mol. The zero-order valence-electron chi connectivity index (χ0n) is 7.82. The second-order valence-corrected chi connectivity index (χ2v) is 4.52. The van der Waals surface area contributed by atoms with Gasteiger partial charge in [-0.25, -0.2) is 0 Å². The molecule has 0 amide bonds. The first-order valence-corrected chi connectivity index (χ1v) is 5.48. The minimum Gasteiger partial charge on any atom is -0.419 e. The zero-order valence-corrected chi connectivity index (χ0v) is 10.2. The lowest BCUT2D eigenvalue weighted by atomic mass is 10.3. The van der Waals surface area contributed by atoms with Crippen LogP contribution in [0.25, 0.3) is 11.5 Å². The van der Waals surface area contributed by atoms with Gasteiger partial charge in [0.15, 0.2) is 0 Å². The molecule has 6 heteroatoms. The van der Waals surface area contributed by atoms with E-state index in [-0.39, 0.29) is 5.38 Å². The van der Waals surface area contributed by atoms with Crippen LogP contribution in [0.5, 0.6) is 0 Å². The maximum atomic E-state index is 5.81. The molecular formula is C9H7BrClN3O. The van der Waals surface area contributed by atoms with Crippen LogP contribution >= 0.6 is 27.5 Å². The average Bonchev–Trinajstić information content (AvgIpc) is 2.66. The van der Waals surface area contributed by atoms with E-state index in [1.807, 2.05) is 6.07 Å². The van der Waals surface area contributed by atoms with Gasteiger partial charge in [-0.15, -0.1) is 21.8 Å². The van der Waals surface area contributed by atoms with Gasteiger partial charge >= 0.3 is 0 Å². The normalized spacial score (nSPS) is 12.7. The highest BCUT2D eigenvalue weighted by Gasteiger charge is 2.12. The van der Waals surface area contributed by atoms with Crippen molar-refractivity contribution in [3.8, 4) is 11.5 Å². The second kappa shape index (κ2) is 4.28. The highest BCUT2D eigenvalue weighted by molar-refractivity contribution is 9.10. The van der Waals surface area contributed by atoms with Crippen molar-refractivity contribution < 1.29 is 4.42 Å². The Bertz CT molecular complexity index is 472. The molecule has 2 rings (SSSR count). The van der Waals surface area contributed by atoms with Crippen molar-refractivity contribution in [2.75, 3.05) is 0 Å². The minimum absolute atomic E-state index is 0.286. The van der Waals surface area contributed by atoms with Gasteiger partial charge in [0.25, 0.3) is 0 Å². The molecule has 0 aliphatic carbocycles. The highest BCUT2D eigenvalue weighted by Crippen LogP contribution is 2.24. The average molecular weight is 289 g/mol.